The van der Waals surface area contributed by atoms with Gasteiger partial charge < -0.3 is 9.84 Å². The van der Waals surface area contributed by atoms with Crippen LogP contribution in [0.25, 0.3) is 0 Å². The van der Waals surface area contributed by atoms with Crippen molar-refractivity contribution in [2.45, 2.75) is 13.0 Å². The van der Waals surface area contributed by atoms with E-state index in [4.69, 9.17) is 0 Å². The molecule has 3 nitrogen and oxygen atoms in total. The summed E-state index contributed by atoms with van der Waals surface area (Å²) >= 11 is 0. The number of hydrogen-bond donors (Lipinski definition) is 1. The molecule has 0 saturated carbocycles. The molecule has 0 amide bonds. The van der Waals surface area contributed by atoms with Crippen molar-refractivity contribution in [1.29, 1.82) is 0 Å². The molecular weight excluding hydrogens is 180 g/mol. The Labute approximate surface area is 83.3 Å². The van der Waals surface area contributed by atoms with Gasteiger partial charge >= 0.3 is 5.97 Å². The van der Waals surface area contributed by atoms with Gasteiger partial charge in [-0.1, -0.05) is 30.3 Å². The molecule has 0 aromatic heterocycles. The summed E-state index contributed by atoms with van der Waals surface area (Å²) in [5, 5.41) is 9.79. The molecule has 0 aliphatic heterocycles. The van der Waals surface area contributed by atoms with Crippen LogP contribution in [0.2, 0.25) is 0 Å². The van der Waals surface area contributed by atoms with Crippen LogP contribution in [-0.4, -0.2) is 18.2 Å². The number of carbonyl (C=O) groups excluding carboxylic acids is 1. The average Bonchev–Trinajstić information content (AvgIpc) is 2.27. The predicted octanol–water partition coefficient (Wildman–Crippen LogP) is 1.53. The predicted molar refractivity (Wildman–Crippen MR) is 52.6 cm³/mol. The first-order valence-corrected chi connectivity index (χ1v) is 4.47. The van der Waals surface area contributed by atoms with Crippen LogP contribution in [0.4, 0.5) is 0 Å². The van der Waals surface area contributed by atoms with Gasteiger partial charge in [-0.05, 0) is 12.5 Å². The Morgan fingerprint density at radius 1 is 1.36 bits per heavy atom. The second kappa shape index (κ2) is 4.77. The van der Waals surface area contributed by atoms with E-state index in [1.54, 1.807) is 19.1 Å². The summed E-state index contributed by atoms with van der Waals surface area (Å²) in [6.07, 6.45) is -0.802. The number of ether oxygens (including phenoxy) is 1. The van der Waals surface area contributed by atoms with Crippen LogP contribution in [0.15, 0.2) is 30.3 Å². The standard InChI is InChI=1S/C11H14O3/c1-8(11(13)14-2)10(12)9-6-4-3-5-7-9/h3-8,10,12H,1-2H3/t8-,10?/m0/s1. The van der Waals surface area contributed by atoms with Crippen LogP contribution in [0.3, 0.4) is 0 Å². The fourth-order valence-corrected chi connectivity index (χ4v) is 1.25. The maximum absolute atomic E-state index is 11.1. The minimum Gasteiger partial charge on any atom is -0.469 e. The maximum atomic E-state index is 11.1. The van der Waals surface area contributed by atoms with E-state index in [1.165, 1.54) is 7.11 Å². The largest absolute Gasteiger partial charge is 0.469 e. The number of methoxy groups -OCH3 is 1. The van der Waals surface area contributed by atoms with Crippen LogP contribution in [-0.2, 0) is 9.53 Å². The number of esters is 1. The van der Waals surface area contributed by atoms with Crippen molar-refractivity contribution in [3.8, 4) is 0 Å². The minimum absolute atomic E-state index is 0.402. The number of hydrogen-bond acceptors (Lipinski definition) is 3. The third-order valence-electron chi connectivity index (χ3n) is 2.19. The molecule has 0 radical (unpaired) electrons. The molecule has 1 N–H and O–H groups in total. The molecule has 1 aromatic carbocycles. The van der Waals surface area contributed by atoms with Crippen molar-refractivity contribution in [3.05, 3.63) is 35.9 Å². The molecule has 0 bridgehead atoms. The van der Waals surface area contributed by atoms with Crippen LogP contribution < -0.4 is 0 Å². The van der Waals surface area contributed by atoms with E-state index < -0.39 is 18.0 Å². The first-order valence-electron chi connectivity index (χ1n) is 4.47. The number of rotatable bonds is 3. The van der Waals surface area contributed by atoms with Crippen LogP contribution in [0.5, 0.6) is 0 Å². The summed E-state index contributed by atoms with van der Waals surface area (Å²) in [7, 11) is 1.32. The van der Waals surface area contributed by atoms with E-state index >= 15 is 0 Å². The third-order valence-corrected chi connectivity index (χ3v) is 2.19. The van der Waals surface area contributed by atoms with Crippen molar-refractivity contribution in [1.82, 2.24) is 0 Å². The average molecular weight is 194 g/mol. The molecule has 1 unspecified atom stereocenters. The Morgan fingerprint density at radius 3 is 2.43 bits per heavy atom. The summed E-state index contributed by atoms with van der Waals surface area (Å²) in [5.74, 6) is -0.941. The summed E-state index contributed by atoms with van der Waals surface area (Å²) < 4.78 is 4.56. The van der Waals surface area contributed by atoms with Crippen molar-refractivity contribution < 1.29 is 14.6 Å². The first-order chi connectivity index (χ1) is 6.66. The Bertz CT molecular complexity index is 295. The molecule has 76 valence electrons. The lowest BCUT2D eigenvalue weighted by molar-refractivity contribution is -0.148. The molecule has 2 atom stereocenters. The van der Waals surface area contributed by atoms with E-state index in [9.17, 15) is 9.90 Å². The van der Waals surface area contributed by atoms with Gasteiger partial charge in [-0.15, -0.1) is 0 Å². The third kappa shape index (κ3) is 2.33. The van der Waals surface area contributed by atoms with E-state index in [2.05, 4.69) is 4.74 Å². The fraction of sp³-hybridized carbons (Fsp3) is 0.364. The Morgan fingerprint density at radius 2 is 1.93 bits per heavy atom. The second-order valence-electron chi connectivity index (χ2n) is 3.17. The Balaban J connectivity index is 2.75. The molecule has 0 spiro atoms. The highest BCUT2D eigenvalue weighted by atomic mass is 16.5. The lowest BCUT2D eigenvalue weighted by Crippen LogP contribution is -2.20. The summed E-state index contributed by atoms with van der Waals surface area (Å²) in [6.45, 7) is 1.64. The first kappa shape index (κ1) is 10.7. The molecule has 0 aliphatic rings. The van der Waals surface area contributed by atoms with Gasteiger partial charge in [-0.3, -0.25) is 4.79 Å². The van der Waals surface area contributed by atoms with Gasteiger partial charge in [0.05, 0.1) is 19.1 Å². The molecule has 0 heterocycles. The van der Waals surface area contributed by atoms with Crippen molar-refractivity contribution in [2.75, 3.05) is 7.11 Å². The van der Waals surface area contributed by atoms with Gasteiger partial charge in [0.1, 0.15) is 0 Å². The molecule has 14 heavy (non-hydrogen) atoms. The highest BCUT2D eigenvalue weighted by molar-refractivity contribution is 5.72. The second-order valence-corrected chi connectivity index (χ2v) is 3.17. The van der Waals surface area contributed by atoms with E-state index in [0.29, 0.717) is 0 Å². The summed E-state index contributed by atoms with van der Waals surface area (Å²) in [4.78, 5) is 11.1. The van der Waals surface area contributed by atoms with Gasteiger partial charge in [-0.25, -0.2) is 0 Å². The molecule has 0 saturated heterocycles. The van der Waals surface area contributed by atoms with Gasteiger partial charge in [-0.2, -0.15) is 0 Å². The SMILES string of the molecule is COC(=O)[C@@H](C)C(O)c1ccccc1. The molecule has 0 fully saturated rings. The van der Waals surface area contributed by atoms with Gasteiger partial charge in [0.15, 0.2) is 0 Å². The fourth-order valence-electron chi connectivity index (χ4n) is 1.25. The van der Waals surface area contributed by atoms with Crippen LogP contribution in [0, 0.1) is 5.92 Å². The molecule has 1 aromatic rings. The molecular formula is C11H14O3. The number of aliphatic hydroxyl groups excluding tert-OH is 1. The number of benzene rings is 1. The van der Waals surface area contributed by atoms with E-state index in [1.807, 2.05) is 18.2 Å². The van der Waals surface area contributed by atoms with Crippen LogP contribution >= 0.6 is 0 Å². The lowest BCUT2D eigenvalue weighted by Gasteiger charge is -2.16. The molecule has 3 heteroatoms. The zero-order valence-corrected chi connectivity index (χ0v) is 8.31. The Kier molecular flexibility index (Phi) is 3.65. The lowest BCUT2D eigenvalue weighted by atomic mass is 9.98. The summed E-state index contributed by atoms with van der Waals surface area (Å²) in [6, 6.07) is 9.07. The van der Waals surface area contributed by atoms with Crippen LogP contribution in [0.1, 0.15) is 18.6 Å². The summed E-state index contributed by atoms with van der Waals surface area (Å²) in [5.41, 5.74) is 0.727. The van der Waals surface area contributed by atoms with Gasteiger partial charge in [0.2, 0.25) is 0 Å². The van der Waals surface area contributed by atoms with E-state index in [-0.39, 0.29) is 0 Å². The molecule has 1 rings (SSSR count). The molecule has 0 aliphatic carbocycles. The topological polar surface area (TPSA) is 46.5 Å². The normalized spacial score (nSPS) is 14.5. The minimum atomic E-state index is -0.802. The smallest absolute Gasteiger partial charge is 0.311 e. The van der Waals surface area contributed by atoms with Gasteiger partial charge in [0.25, 0.3) is 0 Å². The highest BCUT2D eigenvalue weighted by Gasteiger charge is 2.23. The number of aliphatic hydroxyl groups is 1. The van der Waals surface area contributed by atoms with Crippen molar-refractivity contribution >= 4 is 5.97 Å². The zero-order chi connectivity index (χ0) is 10.6. The quantitative estimate of drug-likeness (QED) is 0.742. The van der Waals surface area contributed by atoms with Crippen molar-refractivity contribution in [2.24, 2.45) is 5.92 Å². The Hall–Kier alpha value is -1.35. The van der Waals surface area contributed by atoms with Crippen molar-refractivity contribution in [3.63, 3.8) is 0 Å². The highest BCUT2D eigenvalue weighted by Crippen LogP contribution is 2.21. The van der Waals surface area contributed by atoms with Gasteiger partial charge in [0, 0.05) is 0 Å². The van der Waals surface area contributed by atoms with E-state index in [0.717, 1.165) is 5.56 Å². The monoisotopic (exact) mass is 194 g/mol. The number of carbonyl (C=O) groups is 1. The zero-order valence-electron chi connectivity index (χ0n) is 8.31. The maximum Gasteiger partial charge on any atom is 0.311 e.